The van der Waals surface area contributed by atoms with Crippen LogP contribution in [0.2, 0.25) is 0 Å². The third-order valence-corrected chi connectivity index (χ3v) is 7.64. The number of benzene rings is 2. The lowest BCUT2D eigenvalue weighted by molar-refractivity contribution is 0.0703. The van der Waals surface area contributed by atoms with Gasteiger partial charge in [0, 0.05) is 43.3 Å². The van der Waals surface area contributed by atoms with Crippen LogP contribution < -0.4 is 10.2 Å². The molecule has 2 aliphatic rings. The molecule has 2 fully saturated rings. The number of nitrogens with one attached hydrogen (secondary N) is 1. The fraction of sp³-hybridized carbons (Fsp3) is 0.333. The number of hydrogen-bond donors (Lipinski definition) is 1. The monoisotopic (exact) mass is 475 g/mol. The number of carbonyl (C=O) groups excluding carboxylic acids is 2. The molecule has 0 radical (unpaired) electrons. The Hall–Kier alpha value is -3.16. The maximum absolute atomic E-state index is 13.4. The average molecular weight is 476 g/mol. The van der Waals surface area contributed by atoms with E-state index in [1.807, 2.05) is 53.4 Å². The van der Waals surface area contributed by atoms with Gasteiger partial charge in [0.1, 0.15) is 0 Å². The molecule has 6 nitrogen and oxygen atoms in total. The lowest BCUT2D eigenvalue weighted by Crippen LogP contribution is -2.46. The number of nitrogens with zero attached hydrogens (tertiary/aromatic N) is 2. The molecule has 34 heavy (non-hydrogen) atoms. The summed E-state index contributed by atoms with van der Waals surface area (Å²) < 4.78 is 5.54. The van der Waals surface area contributed by atoms with Crippen LogP contribution in [0.25, 0.3) is 11.1 Å². The third-order valence-electron chi connectivity index (χ3n) is 6.46. The summed E-state index contributed by atoms with van der Waals surface area (Å²) in [7, 11) is 0. The number of likely N-dealkylation sites (tertiary alicyclic amines) is 1. The summed E-state index contributed by atoms with van der Waals surface area (Å²) in [6.45, 7) is 4.37. The number of morpholine rings is 1. The summed E-state index contributed by atoms with van der Waals surface area (Å²) in [6.07, 6.45) is 1.52. The van der Waals surface area contributed by atoms with Crippen molar-refractivity contribution in [1.82, 2.24) is 10.2 Å². The molecule has 5 rings (SSSR count). The number of anilines is 1. The molecular formula is C27H29N3O3S. The number of amides is 2. The van der Waals surface area contributed by atoms with Gasteiger partial charge in [-0.3, -0.25) is 9.59 Å². The molecule has 3 heterocycles. The van der Waals surface area contributed by atoms with Crippen molar-refractivity contribution < 1.29 is 14.3 Å². The second-order valence-electron chi connectivity index (χ2n) is 8.70. The van der Waals surface area contributed by atoms with Gasteiger partial charge in [-0.1, -0.05) is 48.5 Å². The highest BCUT2D eigenvalue weighted by Crippen LogP contribution is 2.40. The molecule has 0 saturated carbocycles. The van der Waals surface area contributed by atoms with E-state index in [0.717, 1.165) is 46.9 Å². The fourth-order valence-corrected chi connectivity index (χ4v) is 5.75. The third kappa shape index (κ3) is 5.00. The number of ether oxygens (including phenoxy) is 1. The zero-order chi connectivity index (χ0) is 23.3. The van der Waals surface area contributed by atoms with Crippen molar-refractivity contribution in [3.05, 3.63) is 77.2 Å². The first-order valence-electron chi connectivity index (χ1n) is 11.9. The lowest BCUT2D eigenvalue weighted by Gasteiger charge is -2.32. The Balaban J connectivity index is 1.27. The highest BCUT2D eigenvalue weighted by atomic mass is 32.1. The molecule has 2 aromatic carbocycles. The summed E-state index contributed by atoms with van der Waals surface area (Å²) in [6, 6.07) is 21.7. The first kappa shape index (κ1) is 22.6. The van der Waals surface area contributed by atoms with Gasteiger partial charge in [-0.25, -0.2) is 0 Å². The van der Waals surface area contributed by atoms with Gasteiger partial charge in [-0.05, 0) is 36.6 Å². The Bertz CT molecular complexity index is 1120. The van der Waals surface area contributed by atoms with Gasteiger partial charge >= 0.3 is 0 Å². The van der Waals surface area contributed by atoms with Gasteiger partial charge in [0.05, 0.1) is 23.1 Å². The van der Waals surface area contributed by atoms with Crippen LogP contribution >= 0.6 is 11.3 Å². The molecule has 0 unspecified atom stereocenters. The molecule has 176 valence electrons. The molecule has 0 bridgehead atoms. The van der Waals surface area contributed by atoms with Gasteiger partial charge in [0.2, 0.25) is 0 Å². The molecule has 0 spiro atoms. The molecule has 2 amide bonds. The molecule has 2 saturated heterocycles. The predicted octanol–water partition coefficient (Wildman–Crippen LogP) is 4.29. The van der Waals surface area contributed by atoms with Crippen LogP contribution in [0.1, 0.15) is 32.9 Å². The van der Waals surface area contributed by atoms with Crippen LogP contribution in [0.5, 0.6) is 0 Å². The van der Waals surface area contributed by atoms with Crippen LogP contribution in [0.4, 0.5) is 5.00 Å². The van der Waals surface area contributed by atoms with Crippen LogP contribution in [0, 0.1) is 0 Å². The first-order valence-corrected chi connectivity index (χ1v) is 12.7. The van der Waals surface area contributed by atoms with Crippen molar-refractivity contribution in [3.8, 4) is 11.1 Å². The van der Waals surface area contributed by atoms with Gasteiger partial charge in [0.15, 0.2) is 0 Å². The quantitative estimate of drug-likeness (QED) is 0.598. The summed E-state index contributed by atoms with van der Waals surface area (Å²) in [5.41, 5.74) is 2.91. The highest BCUT2D eigenvalue weighted by Gasteiger charge is 2.28. The van der Waals surface area contributed by atoms with Crippen molar-refractivity contribution in [3.63, 3.8) is 0 Å². The minimum atomic E-state index is -0.0497. The van der Waals surface area contributed by atoms with Crippen LogP contribution in [0.15, 0.2) is 66.7 Å². The van der Waals surface area contributed by atoms with E-state index >= 15 is 0 Å². The van der Waals surface area contributed by atoms with Crippen molar-refractivity contribution >= 4 is 28.2 Å². The van der Waals surface area contributed by atoms with Gasteiger partial charge < -0.3 is 19.9 Å². The van der Waals surface area contributed by atoms with E-state index in [1.54, 1.807) is 11.3 Å². The van der Waals surface area contributed by atoms with E-state index in [9.17, 15) is 9.59 Å². The zero-order valence-electron chi connectivity index (χ0n) is 19.1. The standard InChI is InChI=1S/C27H29N3O3S/c31-25(21-9-5-2-6-10-21)28-22-11-13-29(14-12-22)26(32)24-19-23(20-7-3-1-4-8-20)27(34-24)30-15-17-33-18-16-30/h1-10,19,22H,11-18H2,(H,28,31). The Labute approximate surface area is 204 Å². The minimum Gasteiger partial charge on any atom is -0.378 e. The molecular weight excluding hydrogens is 446 g/mol. The maximum Gasteiger partial charge on any atom is 0.264 e. The summed E-state index contributed by atoms with van der Waals surface area (Å²) in [5.74, 6) is 0.0285. The first-order chi connectivity index (χ1) is 16.7. The zero-order valence-corrected chi connectivity index (χ0v) is 19.9. The Morgan fingerprint density at radius 3 is 2.21 bits per heavy atom. The van der Waals surface area contributed by atoms with Crippen molar-refractivity contribution in [2.45, 2.75) is 18.9 Å². The molecule has 0 atom stereocenters. The van der Waals surface area contributed by atoms with Crippen LogP contribution in [-0.2, 0) is 4.74 Å². The van der Waals surface area contributed by atoms with E-state index in [0.29, 0.717) is 31.9 Å². The van der Waals surface area contributed by atoms with Gasteiger partial charge in [-0.2, -0.15) is 0 Å². The van der Waals surface area contributed by atoms with Crippen molar-refractivity contribution in [2.24, 2.45) is 0 Å². The summed E-state index contributed by atoms with van der Waals surface area (Å²) >= 11 is 1.58. The normalized spacial score (nSPS) is 16.9. The molecule has 2 aliphatic heterocycles. The largest absolute Gasteiger partial charge is 0.378 e. The predicted molar refractivity (Wildman–Crippen MR) is 136 cm³/mol. The summed E-state index contributed by atoms with van der Waals surface area (Å²) in [5, 5.41) is 4.26. The lowest BCUT2D eigenvalue weighted by atomic mass is 10.0. The number of carbonyl (C=O) groups is 2. The molecule has 7 heteroatoms. The number of rotatable bonds is 5. The van der Waals surface area contributed by atoms with Gasteiger partial charge in [-0.15, -0.1) is 11.3 Å². The van der Waals surface area contributed by atoms with E-state index < -0.39 is 0 Å². The summed E-state index contributed by atoms with van der Waals surface area (Å²) in [4.78, 5) is 30.9. The number of thiophene rings is 1. The van der Waals surface area contributed by atoms with E-state index in [4.69, 9.17) is 4.74 Å². The molecule has 1 aromatic heterocycles. The van der Waals surface area contributed by atoms with E-state index in [1.165, 1.54) is 0 Å². The Kier molecular flexibility index (Phi) is 6.92. The van der Waals surface area contributed by atoms with Crippen molar-refractivity contribution in [1.29, 1.82) is 0 Å². The second kappa shape index (κ2) is 10.4. The van der Waals surface area contributed by atoms with E-state index in [2.05, 4.69) is 28.4 Å². The van der Waals surface area contributed by atoms with Crippen molar-refractivity contribution in [2.75, 3.05) is 44.3 Å². The molecule has 1 N–H and O–H groups in total. The number of piperidine rings is 1. The average Bonchev–Trinajstić information content (AvgIpc) is 3.36. The van der Waals surface area contributed by atoms with Crippen LogP contribution in [0.3, 0.4) is 0 Å². The fourth-order valence-electron chi connectivity index (χ4n) is 4.55. The van der Waals surface area contributed by atoms with E-state index in [-0.39, 0.29) is 17.9 Å². The minimum absolute atomic E-state index is 0.0497. The molecule has 3 aromatic rings. The second-order valence-corrected chi connectivity index (χ2v) is 9.73. The highest BCUT2D eigenvalue weighted by molar-refractivity contribution is 7.18. The maximum atomic E-state index is 13.4. The Morgan fingerprint density at radius 1 is 0.882 bits per heavy atom. The SMILES string of the molecule is O=C(NC1CCN(C(=O)c2cc(-c3ccccc3)c(N3CCOCC3)s2)CC1)c1ccccc1. The topological polar surface area (TPSA) is 61.9 Å². The number of hydrogen-bond acceptors (Lipinski definition) is 5. The smallest absolute Gasteiger partial charge is 0.264 e. The Morgan fingerprint density at radius 2 is 1.53 bits per heavy atom. The van der Waals surface area contributed by atoms with Gasteiger partial charge in [0.25, 0.3) is 11.8 Å². The molecule has 0 aliphatic carbocycles. The van der Waals surface area contributed by atoms with Crippen LogP contribution in [-0.4, -0.2) is 62.1 Å².